The van der Waals surface area contributed by atoms with Gasteiger partial charge in [-0.2, -0.15) is 0 Å². The molecule has 0 bridgehead atoms. The van der Waals surface area contributed by atoms with Crippen LogP contribution in [0.4, 0.5) is 0 Å². The Balaban J connectivity index is 1.90. The largest absolute Gasteiger partial charge is 0.377 e. The van der Waals surface area contributed by atoms with Crippen LogP contribution in [0.2, 0.25) is 0 Å². The molecule has 17 heavy (non-hydrogen) atoms. The monoisotopic (exact) mass is 240 g/mol. The lowest BCUT2D eigenvalue weighted by Gasteiger charge is -2.47. The lowest BCUT2D eigenvalue weighted by molar-refractivity contribution is 0.00680. The van der Waals surface area contributed by atoms with Gasteiger partial charge in [0.2, 0.25) is 0 Å². The summed E-state index contributed by atoms with van der Waals surface area (Å²) in [5, 5.41) is 3.68. The van der Waals surface area contributed by atoms with Gasteiger partial charge in [0, 0.05) is 37.8 Å². The molecule has 0 spiro atoms. The number of ether oxygens (including phenoxy) is 1. The minimum atomic E-state index is 0.274. The maximum absolute atomic E-state index is 5.78. The Labute approximate surface area is 106 Å². The molecule has 2 unspecified atom stereocenters. The van der Waals surface area contributed by atoms with Gasteiger partial charge in [0.05, 0.1) is 6.10 Å². The van der Waals surface area contributed by atoms with E-state index in [4.69, 9.17) is 4.74 Å². The fraction of sp³-hybridized carbons (Fsp3) is 1.00. The Bertz CT molecular complexity index is 236. The molecule has 0 saturated carbocycles. The Morgan fingerprint density at radius 2 is 2.24 bits per heavy atom. The first-order chi connectivity index (χ1) is 8.12. The van der Waals surface area contributed by atoms with Crippen LogP contribution < -0.4 is 5.32 Å². The van der Waals surface area contributed by atoms with Crippen LogP contribution in [0.1, 0.15) is 46.5 Å². The third kappa shape index (κ3) is 3.43. The molecule has 2 fully saturated rings. The molecule has 2 atom stereocenters. The van der Waals surface area contributed by atoms with Crippen LogP contribution in [0, 0.1) is 0 Å². The van der Waals surface area contributed by atoms with Crippen molar-refractivity contribution >= 4 is 0 Å². The van der Waals surface area contributed by atoms with Crippen molar-refractivity contribution in [1.29, 1.82) is 0 Å². The Morgan fingerprint density at radius 3 is 2.88 bits per heavy atom. The molecule has 3 nitrogen and oxygen atoms in total. The number of nitrogens with one attached hydrogen (secondary N) is 1. The average molecular weight is 240 g/mol. The predicted octanol–water partition coefficient (Wildman–Crippen LogP) is 2.02. The van der Waals surface area contributed by atoms with Crippen LogP contribution in [-0.2, 0) is 4.74 Å². The second-order valence-corrected chi connectivity index (χ2v) is 6.22. The first-order valence-electron chi connectivity index (χ1n) is 7.22. The van der Waals surface area contributed by atoms with Crippen LogP contribution in [0.3, 0.4) is 0 Å². The number of piperazine rings is 1. The molecule has 0 aromatic heterocycles. The third-order valence-corrected chi connectivity index (χ3v) is 4.21. The first-order valence-corrected chi connectivity index (χ1v) is 7.22. The van der Waals surface area contributed by atoms with E-state index in [2.05, 4.69) is 31.0 Å². The van der Waals surface area contributed by atoms with Gasteiger partial charge in [-0.1, -0.05) is 13.3 Å². The fourth-order valence-electron chi connectivity index (χ4n) is 2.98. The lowest BCUT2D eigenvalue weighted by atomic mass is 9.95. The fourth-order valence-corrected chi connectivity index (χ4v) is 2.98. The molecule has 0 aromatic carbocycles. The summed E-state index contributed by atoms with van der Waals surface area (Å²) in [5.41, 5.74) is 0.274. The normalized spacial score (nSPS) is 34.1. The van der Waals surface area contributed by atoms with Crippen molar-refractivity contribution in [2.75, 3.05) is 26.2 Å². The molecule has 0 radical (unpaired) electrons. The second kappa shape index (κ2) is 5.68. The molecule has 100 valence electrons. The summed E-state index contributed by atoms with van der Waals surface area (Å²) in [6.45, 7) is 11.3. The molecule has 2 aliphatic heterocycles. The van der Waals surface area contributed by atoms with Gasteiger partial charge in [-0.3, -0.25) is 4.90 Å². The molecule has 2 aliphatic rings. The molecule has 0 amide bonds. The minimum absolute atomic E-state index is 0.274. The van der Waals surface area contributed by atoms with Gasteiger partial charge in [0.15, 0.2) is 0 Å². The third-order valence-electron chi connectivity index (χ3n) is 4.21. The van der Waals surface area contributed by atoms with Crippen molar-refractivity contribution in [3.63, 3.8) is 0 Å². The molecule has 2 rings (SSSR count). The number of hydrogen-bond donors (Lipinski definition) is 1. The number of rotatable bonds is 4. The van der Waals surface area contributed by atoms with Crippen LogP contribution >= 0.6 is 0 Å². The van der Waals surface area contributed by atoms with Crippen LogP contribution in [0.15, 0.2) is 0 Å². The molecule has 0 aromatic rings. The smallest absolute Gasteiger partial charge is 0.0703 e. The average Bonchev–Trinajstić information content (AvgIpc) is 2.76. The summed E-state index contributed by atoms with van der Waals surface area (Å²) < 4.78 is 5.78. The molecule has 2 heterocycles. The van der Waals surface area contributed by atoms with Gasteiger partial charge in [0.25, 0.3) is 0 Å². The van der Waals surface area contributed by atoms with E-state index >= 15 is 0 Å². The summed E-state index contributed by atoms with van der Waals surface area (Å²) in [6, 6.07) is 0.675. The zero-order valence-corrected chi connectivity index (χ0v) is 11.7. The highest BCUT2D eigenvalue weighted by atomic mass is 16.5. The topological polar surface area (TPSA) is 24.5 Å². The molecular formula is C14H28N2O. The highest BCUT2D eigenvalue weighted by molar-refractivity contribution is 4.93. The van der Waals surface area contributed by atoms with Crippen LogP contribution in [-0.4, -0.2) is 48.8 Å². The summed E-state index contributed by atoms with van der Waals surface area (Å²) in [7, 11) is 0. The second-order valence-electron chi connectivity index (χ2n) is 6.22. The Morgan fingerprint density at radius 1 is 1.41 bits per heavy atom. The zero-order valence-electron chi connectivity index (χ0n) is 11.7. The standard InChI is InChI=1S/C14H28N2O/c1-4-6-12-9-16(14(2,3)11-15-12)10-13-7-5-8-17-13/h12-13,15H,4-11H2,1-3H3. The molecule has 2 saturated heterocycles. The van der Waals surface area contributed by atoms with E-state index in [0.29, 0.717) is 12.1 Å². The zero-order chi connectivity index (χ0) is 12.3. The Kier molecular flexibility index (Phi) is 4.45. The summed E-state index contributed by atoms with van der Waals surface area (Å²) >= 11 is 0. The van der Waals surface area contributed by atoms with Crippen molar-refractivity contribution in [3.05, 3.63) is 0 Å². The van der Waals surface area contributed by atoms with E-state index in [-0.39, 0.29) is 5.54 Å². The summed E-state index contributed by atoms with van der Waals surface area (Å²) in [6.07, 6.45) is 5.53. The van der Waals surface area contributed by atoms with Crippen molar-refractivity contribution in [3.8, 4) is 0 Å². The summed E-state index contributed by atoms with van der Waals surface area (Å²) in [5.74, 6) is 0. The van der Waals surface area contributed by atoms with Gasteiger partial charge in [0.1, 0.15) is 0 Å². The maximum Gasteiger partial charge on any atom is 0.0703 e. The van der Waals surface area contributed by atoms with Crippen molar-refractivity contribution in [2.45, 2.75) is 64.1 Å². The van der Waals surface area contributed by atoms with Gasteiger partial charge in [-0.25, -0.2) is 0 Å². The Hall–Kier alpha value is -0.120. The predicted molar refractivity (Wildman–Crippen MR) is 71.3 cm³/mol. The van der Waals surface area contributed by atoms with E-state index < -0.39 is 0 Å². The summed E-state index contributed by atoms with van der Waals surface area (Å²) in [4.78, 5) is 2.64. The molecular weight excluding hydrogens is 212 g/mol. The number of hydrogen-bond acceptors (Lipinski definition) is 3. The van der Waals surface area contributed by atoms with Gasteiger partial charge < -0.3 is 10.1 Å². The SMILES string of the molecule is CCCC1CN(CC2CCCO2)C(C)(C)CN1. The lowest BCUT2D eigenvalue weighted by Crippen LogP contribution is -2.63. The van der Waals surface area contributed by atoms with Gasteiger partial charge in [-0.05, 0) is 33.1 Å². The van der Waals surface area contributed by atoms with Crippen LogP contribution in [0.5, 0.6) is 0 Å². The van der Waals surface area contributed by atoms with E-state index in [1.54, 1.807) is 0 Å². The van der Waals surface area contributed by atoms with Gasteiger partial charge >= 0.3 is 0 Å². The van der Waals surface area contributed by atoms with E-state index in [0.717, 1.165) is 19.7 Å². The van der Waals surface area contributed by atoms with Crippen molar-refractivity contribution in [2.24, 2.45) is 0 Å². The molecule has 1 N–H and O–H groups in total. The van der Waals surface area contributed by atoms with Gasteiger partial charge in [-0.15, -0.1) is 0 Å². The van der Waals surface area contributed by atoms with Crippen LogP contribution in [0.25, 0.3) is 0 Å². The molecule has 0 aliphatic carbocycles. The van der Waals surface area contributed by atoms with E-state index in [1.165, 1.54) is 32.2 Å². The number of nitrogens with zero attached hydrogens (tertiary/aromatic N) is 1. The minimum Gasteiger partial charge on any atom is -0.377 e. The van der Waals surface area contributed by atoms with Crippen molar-refractivity contribution < 1.29 is 4.74 Å². The van der Waals surface area contributed by atoms with Crippen molar-refractivity contribution in [1.82, 2.24) is 10.2 Å². The maximum atomic E-state index is 5.78. The molecule has 3 heteroatoms. The van der Waals surface area contributed by atoms with E-state index in [1.807, 2.05) is 0 Å². The highest BCUT2D eigenvalue weighted by Crippen LogP contribution is 2.23. The first kappa shape index (κ1) is 13.3. The van der Waals surface area contributed by atoms with E-state index in [9.17, 15) is 0 Å². The quantitative estimate of drug-likeness (QED) is 0.813. The highest BCUT2D eigenvalue weighted by Gasteiger charge is 2.35.